The van der Waals surface area contributed by atoms with Crippen LogP contribution in [0.3, 0.4) is 0 Å². The molecule has 5 nitrogen and oxygen atoms in total. The van der Waals surface area contributed by atoms with Crippen LogP contribution in [0.5, 0.6) is 0 Å². The lowest BCUT2D eigenvalue weighted by Crippen LogP contribution is -2.35. The number of likely N-dealkylation sites (N-methyl/N-ethyl adjacent to an activating group) is 1. The van der Waals surface area contributed by atoms with Crippen LogP contribution in [0.1, 0.15) is 49.9 Å². The van der Waals surface area contributed by atoms with Crippen molar-refractivity contribution >= 4 is 11.7 Å². The van der Waals surface area contributed by atoms with Crippen LogP contribution in [0, 0.1) is 0 Å². The first-order valence-corrected chi connectivity index (χ1v) is 8.96. The number of carbonyl (C=O) groups is 1. The molecule has 0 radical (unpaired) electrons. The van der Waals surface area contributed by atoms with Crippen LogP contribution >= 0.6 is 0 Å². The third-order valence-corrected chi connectivity index (χ3v) is 4.55. The standard InChI is InChI=1S/C18H30N4O/c1-3-21(4-2)14-11-20-18(23)16-9-10-19-17(15-16)22-12-7-5-6-8-13-22/h9-10,15H,3-8,11-14H2,1-2H3,(H,20,23). The molecule has 1 amide bonds. The van der Waals surface area contributed by atoms with E-state index in [1.54, 1.807) is 12.3 Å². The summed E-state index contributed by atoms with van der Waals surface area (Å²) in [4.78, 5) is 21.4. The van der Waals surface area contributed by atoms with E-state index >= 15 is 0 Å². The van der Waals surface area contributed by atoms with Crippen LogP contribution in [0.2, 0.25) is 0 Å². The van der Waals surface area contributed by atoms with Crippen molar-refractivity contribution in [2.24, 2.45) is 0 Å². The molecule has 2 heterocycles. The zero-order chi connectivity index (χ0) is 16.5. The van der Waals surface area contributed by atoms with Gasteiger partial charge in [-0.2, -0.15) is 0 Å². The molecule has 0 spiro atoms. The molecule has 1 fully saturated rings. The van der Waals surface area contributed by atoms with Gasteiger partial charge in [0.1, 0.15) is 5.82 Å². The lowest BCUT2D eigenvalue weighted by Gasteiger charge is -2.22. The number of aromatic nitrogens is 1. The number of nitrogens with one attached hydrogen (secondary N) is 1. The zero-order valence-electron chi connectivity index (χ0n) is 14.6. The zero-order valence-corrected chi connectivity index (χ0v) is 14.6. The van der Waals surface area contributed by atoms with Gasteiger partial charge in [0.25, 0.3) is 5.91 Å². The Morgan fingerprint density at radius 3 is 2.57 bits per heavy atom. The highest BCUT2D eigenvalue weighted by Crippen LogP contribution is 2.18. The van der Waals surface area contributed by atoms with Crippen molar-refractivity contribution < 1.29 is 4.79 Å². The average molecular weight is 318 g/mol. The summed E-state index contributed by atoms with van der Waals surface area (Å²) in [7, 11) is 0. The predicted octanol–water partition coefficient (Wildman–Crippen LogP) is 2.53. The summed E-state index contributed by atoms with van der Waals surface area (Å²) in [5, 5.41) is 3.01. The summed E-state index contributed by atoms with van der Waals surface area (Å²) in [5.74, 6) is 0.930. The van der Waals surface area contributed by atoms with Gasteiger partial charge >= 0.3 is 0 Å². The molecule has 5 heteroatoms. The molecule has 1 aromatic heterocycles. The van der Waals surface area contributed by atoms with Gasteiger partial charge in [-0.1, -0.05) is 26.7 Å². The van der Waals surface area contributed by atoms with Crippen molar-refractivity contribution in [2.45, 2.75) is 39.5 Å². The van der Waals surface area contributed by atoms with E-state index in [9.17, 15) is 4.79 Å². The largest absolute Gasteiger partial charge is 0.357 e. The van der Waals surface area contributed by atoms with Crippen molar-refractivity contribution in [1.82, 2.24) is 15.2 Å². The van der Waals surface area contributed by atoms with Crippen molar-refractivity contribution in [1.29, 1.82) is 0 Å². The molecule has 1 saturated heterocycles. The van der Waals surface area contributed by atoms with Gasteiger partial charge in [0, 0.05) is 37.9 Å². The second-order valence-electron chi connectivity index (χ2n) is 6.09. The summed E-state index contributed by atoms with van der Waals surface area (Å²) < 4.78 is 0. The fraction of sp³-hybridized carbons (Fsp3) is 0.667. The van der Waals surface area contributed by atoms with Crippen LogP contribution in [0.4, 0.5) is 5.82 Å². The SMILES string of the molecule is CCN(CC)CCNC(=O)c1ccnc(N2CCCCCC2)c1. The van der Waals surface area contributed by atoms with Crippen molar-refractivity contribution in [3.8, 4) is 0 Å². The highest BCUT2D eigenvalue weighted by Gasteiger charge is 2.13. The molecule has 0 aliphatic carbocycles. The van der Waals surface area contributed by atoms with E-state index in [4.69, 9.17) is 0 Å². The van der Waals surface area contributed by atoms with E-state index in [1.807, 2.05) is 6.07 Å². The van der Waals surface area contributed by atoms with E-state index in [0.29, 0.717) is 12.1 Å². The van der Waals surface area contributed by atoms with Crippen molar-refractivity contribution in [3.63, 3.8) is 0 Å². The van der Waals surface area contributed by atoms with E-state index in [-0.39, 0.29) is 5.91 Å². The molecule has 1 aromatic rings. The Bertz CT molecular complexity index is 480. The maximum Gasteiger partial charge on any atom is 0.251 e. The summed E-state index contributed by atoms with van der Waals surface area (Å²) in [6, 6.07) is 3.73. The minimum Gasteiger partial charge on any atom is -0.357 e. The maximum absolute atomic E-state index is 12.3. The highest BCUT2D eigenvalue weighted by atomic mass is 16.1. The van der Waals surface area contributed by atoms with Gasteiger partial charge in [-0.15, -0.1) is 0 Å². The number of carbonyl (C=O) groups excluding carboxylic acids is 1. The quantitative estimate of drug-likeness (QED) is 0.839. The molecule has 23 heavy (non-hydrogen) atoms. The maximum atomic E-state index is 12.3. The normalized spacial score (nSPS) is 15.5. The van der Waals surface area contributed by atoms with Gasteiger partial charge in [0.05, 0.1) is 0 Å². The van der Waals surface area contributed by atoms with E-state index in [1.165, 1.54) is 25.7 Å². The van der Waals surface area contributed by atoms with Crippen LogP contribution in [0.15, 0.2) is 18.3 Å². The molecule has 0 saturated carbocycles. The van der Waals surface area contributed by atoms with Crippen LogP contribution < -0.4 is 10.2 Å². The monoisotopic (exact) mass is 318 g/mol. The molecular formula is C18H30N4O. The second kappa shape index (κ2) is 9.50. The molecule has 1 aliphatic heterocycles. The number of pyridine rings is 1. The molecule has 1 N–H and O–H groups in total. The van der Waals surface area contributed by atoms with E-state index < -0.39 is 0 Å². The Morgan fingerprint density at radius 2 is 1.91 bits per heavy atom. The number of hydrogen-bond donors (Lipinski definition) is 1. The van der Waals surface area contributed by atoms with Crippen molar-refractivity contribution in [2.75, 3.05) is 44.2 Å². The molecular weight excluding hydrogens is 288 g/mol. The summed E-state index contributed by atoms with van der Waals surface area (Å²) in [6.07, 6.45) is 6.76. The number of amides is 1. The highest BCUT2D eigenvalue weighted by molar-refractivity contribution is 5.94. The first kappa shape index (κ1) is 17.7. The van der Waals surface area contributed by atoms with Gasteiger partial charge in [-0.25, -0.2) is 4.98 Å². The van der Waals surface area contributed by atoms with Crippen molar-refractivity contribution in [3.05, 3.63) is 23.9 Å². The smallest absolute Gasteiger partial charge is 0.251 e. The summed E-state index contributed by atoms with van der Waals surface area (Å²) in [5.41, 5.74) is 0.707. The molecule has 0 bridgehead atoms. The van der Waals surface area contributed by atoms with E-state index in [0.717, 1.165) is 38.5 Å². The Morgan fingerprint density at radius 1 is 1.22 bits per heavy atom. The van der Waals surface area contributed by atoms with Gasteiger partial charge < -0.3 is 15.1 Å². The average Bonchev–Trinajstić information content (AvgIpc) is 2.88. The number of nitrogens with zero attached hydrogens (tertiary/aromatic N) is 3. The Kier molecular flexibility index (Phi) is 7.33. The van der Waals surface area contributed by atoms with Crippen LogP contribution in [0.25, 0.3) is 0 Å². The Labute approximate surface area is 140 Å². The lowest BCUT2D eigenvalue weighted by atomic mass is 10.2. The molecule has 128 valence electrons. The fourth-order valence-corrected chi connectivity index (χ4v) is 3.00. The Hall–Kier alpha value is -1.62. The predicted molar refractivity (Wildman–Crippen MR) is 95.0 cm³/mol. The molecule has 0 atom stereocenters. The van der Waals surface area contributed by atoms with Gasteiger partial charge in [-0.3, -0.25) is 4.79 Å². The van der Waals surface area contributed by atoms with E-state index in [2.05, 4.69) is 33.9 Å². The first-order valence-electron chi connectivity index (χ1n) is 8.96. The first-order chi connectivity index (χ1) is 11.2. The minimum atomic E-state index is -0.00405. The third kappa shape index (κ3) is 5.50. The number of anilines is 1. The minimum absolute atomic E-state index is 0.00405. The molecule has 1 aliphatic rings. The molecule has 2 rings (SSSR count). The van der Waals surface area contributed by atoms with Crippen LogP contribution in [-0.2, 0) is 0 Å². The molecule has 0 aromatic carbocycles. The Balaban J connectivity index is 1.91. The number of hydrogen-bond acceptors (Lipinski definition) is 4. The van der Waals surface area contributed by atoms with Gasteiger partial charge in [-0.05, 0) is 38.1 Å². The second-order valence-corrected chi connectivity index (χ2v) is 6.09. The van der Waals surface area contributed by atoms with Crippen LogP contribution in [-0.4, -0.2) is 55.1 Å². The molecule has 0 unspecified atom stereocenters. The number of rotatable bonds is 7. The fourth-order valence-electron chi connectivity index (χ4n) is 3.00. The third-order valence-electron chi connectivity index (χ3n) is 4.55. The summed E-state index contributed by atoms with van der Waals surface area (Å²) in [6.45, 7) is 9.97. The topological polar surface area (TPSA) is 48.5 Å². The van der Waals surface area contributed by atoms with Gasteiger partial charge in [0.15, 0.2) is 0 Å². The lowest BCUT2D eigenvalue weighted by molar-refractivity contribution is 0.0949. The van der Waals surface area contributed by atoms with Gasteiger partial charge in [0.2, 0.25) is 0 Å². The summed E-state index contributed by atoms with van der Waals surface area (Å²) >= 11 is 0.